The number of aliphatic hydroxyl groups is 1. The Morgan fingerprint density at radius 2 is 2.08 bits per heavy atom. The number of amides is 1. The molecule has 2 N–H and O–H groups in total. The smallest absolute Gasteiger partial charge is 0.374 e. The lowest BCUT2D eigenvalue weighted by molar-refractivity contribution is -0.272. The van der Waals surface area contributed by atoms with E-state index in [1.54, 1.807) is 0 Å². The first-order valence-corrected chi connectivity index (χ1v) is 7.85. The van der Waals surface area contributed by atoms with Gasteiger partial charge in [-0.05, 0) is 34.1 Å². The average Bonchev–Trinajstić information content (AvgIpc) is 2.92. The monoisotopic (exact) mass is 423 g/mol. The molecule has 1 heterocycles. The number of carbonyl (C=O) groups is 1. The van der Waals surface area contributed by atoms with Gasteiger partial charge in [-0.2, -0.15) is 13.2 Å². The topological polar surface area (TPSA) is 67.2 Å². The van der Waals surface area contributed by atoms with E-state index in [0.717, 1.165) is 22.9 Å². The van der Waals surface area contributed by atoms with Crippen LogP contribution in [0.25, 0.3) is 0 Å². The number of carbonyl (C=O) groups excluding carboxylic acids is 1. The number of hydrogen-bond donors (Lipinski definition) is 2. The largest absolute Gasteiger partial charge is 0.424 e. The average molecular weight is 424 g/mol. The number of benzene rings is 1. The van der Waals surface area contributed by atoms with E-state index in [4.69, 9.17) is 0 Å². The van der Waals surface area contributed by atoms with E-state index in [0.29, 0.717) is 0 Å². The molecule has 136 valence electrons. The van der Waals surface area contributed by atoms with Crippen molar-refractivity contribution in [2.24, 2.45) is 7.05 Å². The molecule has 1 aromatic heterocycles. The van der Waals surface area contributed by atoms with Gasteiger partial charge < -0.3 is 15.0 Å². The molecule has 25 heavy (non-hydrogen) atoms. The third-order valence-electron chi connectivity index (χ3n) is 3.61. The van der Waals surface area contributed by atoms with Gasteiger partial charge in [-0.1, -0.05) is 0 Å². The van der Waals surface area contributed by atoms with Crippen LogP contribution in [0.4, 0.5) is 17.6 Å². The molecule has 5 nitrogen and oxygen atoms in total. The van der Waals surface area contributed by atoms with Crippen LogP contribution >= 0.6 is 15.9 Å². The Morgan fingerprint density at radius 1 is 1.40 bits per heavy atom. The maximum Gasteiger partial charge on any atom is 0.424 e. The standard InChI is InChI=1S/C15H14BrF4N3O2/c1-23-7-6-22-13(23)14(25,15(18,19)20)4-5-21-12(24)10-3-2-9(17)8-11(10)16/h2-3,6-8,25H,4-5H2,1H3,(H,21,24). The van der Waals surface area contributed by atoms with Gasteiger partial charge in [0, 0.05) is 36.9 Å². The second-order valence-electron chi connectivity index (χ2n) is 5.35. The van der Waals surface area contributed by atoms with Crippen molar-refractivity contribution in [3.63, 3.8) is 0 Å². The number of halogens is 5. The highest BCUT2D eigenvalue weighted by Crippen LogP contribution is 2.40. The number of nitrogens with one attached hydrogen (secondary N) is 1. The van der Waals surface area contributed by atoms with Crippen molar-refractivity contribution in [1.29, 1.82) is 0 Å². The van der Waals surface area contributed by atoms with Crippen molar-refractivity contribution in [3.8, 4) is 0 Å². The lowest BCUT2D eigenvalue weighted by atomic mass is 9.97. The Morgan fingerprint density at radius 3 is 2.60 bits per heavy atom. The fourth-order valence-electron chi connectivity index (χ4n) is 2.27. The Bertz CT molecular complexity index is 778. The van der Waals surface area contributed by atoms with Gasteiger partial charge in [0.05, 0.1) is 5.56 Å². The molecular weight excluding hydrogens is 410 g/mol. The molecule has 0 saturated carbocycles. The van der Waals surface area contributed by atoms with Gasteiger partial charge in [0.25, 0.3) is 5.91 Å². The van der Waals surface area contributed by atoms with E-state index in [2.05, 4.69) is 26.2 Å². The van der Waals surface area contributed by atoms with E-state index >= 15 is 0 Å². The van der Waals surface area contributed by atoms with E-state index in [1.807, 2.05) is 0 Å². The first-order valence-electron chi connectivity index (χ1n) is 7.06. The summed E-state index contributed by atoms with van der Waals surface area (Å²) in [6.45, 7) is -0.467. The van der Waals surface area contributed by atoms with Crippen molar-refractivity contribution >= 4 is 21.8 Å². The number of rotatable bonds is 5. The summed E-state index contributed by atoms with van der Waals surface area (Å²) in [5.41, 5.74) is -3.15. The fraction of sp³-hybridized carbons (Fsp3) is 0.333. The first-order chi connectivity index (χ1) is 11.6. The second-order valence-corrected chi connectivity index (χ2v) is 6.20. The van der Waals surface area contributed by atoms with Gasteiger partial charge in [0.15, 0.2) is 0 Å². The maximum atomic E-state index is 13.3. The van der Waals surface area contributed by atoms with Crippen LogP contribution in [0.1, 0.15) is 22.6 Å². The predicted molar refractivity (Wildman–Crippen MR) is 84.2 cm³/mol. The minimum Gasteiger partial charge on any atom is -0.374 e. The van der Waals surface area contributed by atoms with Crippen LogP contribution in [0.2, 0.25) is 0 Å². The van der Waals surface area contributed by atoms with E-state index < -0.39 is 42.3 Å². The number of aryl methyl sites for hydroxylation is 1. The Kier molecular flexibility index (Phi) is 5.52. The predicted octanol–water partition coefficient (Wildman–Crippen LogP) is 2.89. The number of hydrogen-bond acceptors (Lipinski definition) is 3. The van der Waals surface area contributed by atoms with Crippen molar-refractivity contribution in [2.45, 2.75) is 18.2 Å². The number of nitrogens with zero attached hydrogens (tertiary/aromatic N) is 2. The molecule has 1 unspecified atom stereocenters. The molecule has 0 saturated heterocycles. The highest BCUT2D eigenvalue weighted by atomic mass is 79.9. The second kappa shape index (κ2) is 7.12. The van der Waals surface area contributed by atoms with Gasteiger partial charge in [-0.25, -0.2) is 9.37 Å². The Balaban J connectivity index is 2.12. The van der Waals surface area contributed by atoms with E-state index in [-0.39, 0.29) is 10.0 Å². The number of aromatic nitrogens is 2. The minimum absolute atomic E-state index is 0.0638. The summed E-state index contributed by atoms with van der Waals surface area (Å²) < 4.78 is 54.3. The molecule has 0 radical (unpaired) electrons. The maximum absolute atomic E-state index is 13.3. The van der Waals surface area contributed by atoms with Crippen molar-refractivity contribution < 1.29 is 27.5 Å². The summed E-state index contributed by atoms with van der Waals surface area (Å²) >= 11 is 3.01. The molecule has 0 spiro atoms. The summed E-state index contributed by atoms with van der Waals surface area (Å²) in [6, 6.07) is 3.32. The molecule has 0 aliphatic rings. The minimum atomic E-state index is -4.98. The summed E-state index contributed by atoms with van der Waals surface area (Å²) in [7, 11) is 1.33. The normalized spacial score (nSPS) is 14.2. The van der Waals surface area contributed by atoms with Gasteiger partial charge in [-0.15, -0.1) is 0 Å². The van der Waals surface area contributed by atoms with Crippen LogP contribution in [0.3, 0.4) is 0 Å². The Labute approximate surface area is 148 Å². The molecule has 0 fully saturated rings. The number of imidazole rings is 1. The van der Waals surface area contributed by atoms with Gasteiger partial charge in [0.1, 0.15) is 11.6 Å². The van der Waals surface area contributed by atoms with Crippen molar-refractivity contribution in [2.75, 3.05) is 6.54 Å². The molecule has 0 aliphatic carbocycles. The zero-order valence-electron chi connectivity index (χ0n) is 12.9. The molecule has 2 rings (SSSR count). The van der Waals surface area contributed by atoms with E-state index in [9.17, 15) is 27.5 Å². The van der Waals surface area contributed by atoms with Crippen LogP contribution in [0.5, 0.6) is 0 Å². The zero-order chi connectivity index (χ0) is 18.8. The Hall–Kier alpha value is -1.94. The van der Waals surface area contributed by atoms with Crippen molar-refractivity contribution in [3.05, 3.63) is 52.3 Å². The summed E-state index contributed by atoms with van der Waals surface area (Å²) in [5.74, 6) is -1.84. The van der Waals surface area contributed by atoms with Gasteiger partial charge in [-0.3, -0.25) is 4.79 Å². The molecule has 2 aromatic rings. The summed E-state index contributed by atoms with van der Waals surface area (Å²) in [4.78, 5) is 15.6. The molecule has 1 aromatic carbocycles. The molecule has 0 aliphatic heterocycles. The van der Waals surface area contributed by atoms with Crippen LogP contribution in [-0.2, 0) is 12.6 Å². The number of alkyl halides is 3. The molecular formula is C15H14BrF4N3O2. The van der Waals surface area contributed by atoms with Crippen LogP contribution in [-0.4, -0.2) is 33.3 Å². The third-order valence-corrected chi connectivity index (χ3v) is 4.26. The van der Waals surface area contributed by atoms with E-state index in [1.165, 1.54) is 19.3 Å². The zero-order valence-corrected chi connectivity index (χ0v) is 14.5. The SMILES string of the molecule is Cn1ccnc1C(O)(CCNC(=O)c1ccc(F)cc1Br)C(F)(F)F. The highest BCUT2D eigenvalue weighted by Gasteiger charge is 2.57. The molecule has 0 bridgehead atoms. The van der Waals surface area contributed by atoms with Crippen LogP contribution in [0, 0.1) is 5.82 Å². The fourth-order valence-corrected chi connectivity index (χ4v) is 2.80. The van der Waals surface area contributed by atoms with Gasteiger partial charge in [0.2, 0.25) is 5.60 Å². The molecule has 10 heteroatoms. The third kappa shape index (κ3) is 4.01. The molecule has 1 atom stereocenters. The quantitative estimate of drug-likeness (QED) is 0.726. The summed E-state index contributed by atoms with van der Waals surface area (Å²) in [5, 5.41) is 12.4. The van der Waals surface area contributed by atoms with Crippen LogP contribution < -0.4 is 5.32 Å². The highest BCUT2D eigenvalue weighted by molar-refractivity contribution is 9.10. The summed E-state index contributed by atoms with van der Waals surface area (Å²) in [6.07, 6.45) is -3.39. The van der Waals surface area contributed by atoms with Gasteiger partial charge >= 0.3 is 6.18 Å². The van der Waals surface area contributed by atoms with Crippen LogP contribution in [0.15, 0.2) is 35.1 Å². The first kappa shape index (κ1) is 19.4. The lowest BCUT2D eigenvalue weighted by Gasteiger charge is -2.30. The van der Waals surface area contributed by atoms with Crippen molar-refractivity contribution in [1.82, 2.24) is 14.9 Å². The molecule has 1 amide bonds. The lowest BCUT2D eigenvalue weighted by Crippen LogP contribution is -2.46.